The van der Waals surface area contributed by atoms with Gasteiger partial charge in [-0.3, -0.25) is 4.98 Å². The van der Waals surface area contributed by atoms with Gasteiger partial charge in [-0.05, 0) is 56.8 Å². The van der Waals surface area contributed by atoms with E-state index >= 15 is 0 Å². The van der Waals surface area contributed by atoms with Gasteiger partial charge in [0.2, 0.25) is 0 Å². The first-order valence-corrected chi connectivity index (χ1v) is 13.6. The lowest BCUT2D eigenvalue weighted by atomic mass is 9.62. The van der Waals surface area contributed by atoms with Crippen molar-refractivity contribution >= 4 is 0 Å². The quantitative estimate of drug-likeness (QED) is 0.482. The third-order valence-corrected chi connectivity index (χ3v) is 8.25. The van der Waals surface area contributed by atoms with Crippen LogP contribution >= 0.6 is 0 Å². The van der Waals surface area contributed by atoms with Crippen molar-refractivity contribution in [1.29, 1.82) is 0 Å². The molecule has 0 saturated carbocycles. The molecule has 7 heteroatoms. The first-order valence-electron chi connectivity index (χ1n) is 13.6. The average Bonchev–Trinajstić information content (AvgIpc) is 3.34. The topological polar surface area (TPSA) is 76.3 Å². The largest absolute Gasteiger partial charge is 0.381 e. The first kappa shape index (κ1) is 26.0. The zero-order chi connectivity index (χ0) is 26.4. The van der Waals surface area contributed by atoms with Crippen LogP contribution in [0.25, 0.3) is 11.4 Å². The van der Waals surface area contributed by atoms with Crippen LogP contribution in [-0.2, 0) is 10.3 Å². The minimum absolute atomic E-state index is 0.205. The van der Waals surface area contributed by atoms with Crippen molar-refractivity contribution in [3.05, 3.63) is 65.2 Å². The number of pyridine rings is 1. The maximum atomic E-state index is 12.6. The number of aromatic nitrogens is 4. The molecule has 2 fully saturated rings. The standard InChI is InChI=1S/C30H41N5O2/c1-20(2)22-7-9-25(10-8-22)30(36,29(5)18-34(6)19-29)26-15-24(16-31-17-26)27-32-28(35(33-27)21(3)4)23-11-13-37-14-12-23/h7-10,15-17,20-21,23,36H,11-14,18-19H2,1-6H3. The summed E-state index contributed by atoms with van der Waals surface area (Å²) >= 11 is 0. The Labute approximate surface area is 220 Å². The van der Waals surface area contributed by atoms with Gasteiger partial charge in [-0.25, -0.2) is 9.67 Å². The Morgan fingerprint density at radius 3 is 2.30 bits per heavy atom. The summed E-state index contributed by atoms with van der Waals surface area (Å²) in [6.07, 6.45) is 5.54. The molecule has 3 aromatic rings. The number of nitrogens with zero attached hydrogens (tertiary/aromatic N) is 5. The maximum Gasteiger partial charge on any atom is 0.182 e. The predicted octanol–water partition coefficient (Wildman–Crippen LogP) is 5.13. The van der Waals surface area contributed by atoms with Crippen molar-refractivity contribution < 1.29 is 9.84 Å². The smallest absolute Gasteiger partial charge is 0.182 e. The van der Waals surface area contributed by atoms with Gasteiger partial charge in [0, 0.05) is 67.2 Å². The second-order valence-corrected chi connectivity index (χ2v) is 11.9. The van der Waals surface area contributed by atoms with Crippen LogP contribution in [0.1, 0.15) is 87.9 Å². The van der Waals surface area contributed by atoms with Gasteiger partial charge in [0.05, 0.1) is 0 Å². The summed E-state index contributed by atoms with van der Waals surface area (Å²) in [5.74, 6) is 2.46. The molecule has 1 atom stereocenters. The van der Waals surface area contributed by atoms with E-state index in [1.807, 2.05) is 18.5 Å². The van der Waals surface area contributed by atoms with Crippen LogP contribution in [0.3, 0.4) is 0 Å². The molecule has 1 N–H and O–H groups in total. The fourth-order valence-corrected chi connectivity index (χ4v) is 6.18. The summed E-state index contributed by atoms with van der Waals surface area (Å²) in [6, 6.07) is 10.7. The predicted molar refractivity (Wildman–Crippen MR) is 146 cm³/mol. The number of hydrogen-bond acceptors (Lipinski definition) is 6. The molecule has 2 saturated heterocycles. The van der Waals surface area contributed by atoms with Gasteiger partial charge >= 0.3 is 0 Å². The van der Waals surface area contributed by atoms with E-state index < -0.39 is 5.60 Å². The van der Waals surface area contributed by atoms with Crippen molar-refractivity contribution in [2.45, 2.75) is 70.9 Å². The van der Waals surface area contributed by atoms with Crippen LogP contribution in [0.15, 0.2) is 42.7 Å². The second kappa shape index (κ2) is 9.93. The molecule has 2 aliphatic heterocycles. The van der Waals surface area contributed by atoms with Crippen molar-refractivity contribution in [3.63, 3.8) is 0 Å². The summed E-state index contributed by atoms with van der Waals surface area (Å²) in [5.41, 5.74) is 2.24. The lowest BCUT2D eigenvalue weighted by Gasteiger charge is -2.55. The van der Waals surface area contributed by atoms with E-state index in [1.165, 1.54) is 5.56 Å². The summed E-state index contributed by atoms with van der Waals surface area (Å²) in [5, 5.41) is 17.5. The van der Waals surface area contributed by atoms with E-state index in [4.69, 9.17) is 14.8 Å². The molecule has 1 aromatic carbocycles. The van der Waals surface area contributed by atoms with Crippen LogP contribution in [0.4, 0.5) is 0 Å². The van der Waals surface area contributed by atoms with E-state index in [1.54, 1.807) is 0 Å². The fourth-order valence-electron chi connectivity index (χ4n) is 6.18. The van der Waals surface area contributed by atoms with E-state index in [2.05, 4.69) is 80.5 Å². The Balaban J connectivity index is 1.58. The number of aliphatic hydroxyl groups is 1. The number of likely N-dealkylation sites (tertiary alicyclic amines) is 1. The molecule has 0 spiro atoms. The highest BCUT2D eigenvalue weighted by atomic mass is 16.5. The van der Waals surface area contributed by atoms with E-state index in [-0.39, 0.29) is 11.5 Å². The molecule has 2 aromatic heterocycles. The molecule has 0 bridgehead atoms. The molecule has 0 radical (unpaired) electrons. The molecule has 7 nitrogen and oxygen atoms in total. The fraction of sp³-hybridized carbons (Fsp3) is 0.567. The maximum absolute atomic E-state index is 12.6. The molecular weight excluding hydrogens is 462 g/mol. The molecule has 4 heterocycles. The third-order valence-electron chi connectivity index (χ3n) is 8.25. The Morgan fingerprint density at radius 2 is 1.70 bits per heavy atom. The zero-order valence-electron chi connectivity index (χ0n) is 23.1. The number of ether oxygens (including phenoxy) is 1. The molecular formula is C30H41N5O2. The van der Waals surface area contributed by atoms with E-state index in [0.717, 1.165) is 61.7 Å². The van der Waals surface area contributed by atoms with Gasteiger partial charge in [-0.1, -0.05) is 45.0 Å². The van der Waals surface area contributed by atoms with Gasteiger partial charge in [-0.2, -0.15) is 5.10 Å². The average molecular weight is 504 g/mol. The molecule has 1 unspecified atom stereocenters. The van der Waals surface area contributed by atoms with E-state index in [0.29, 0.717) is 17.7 Å². The lowest BCUT2D eigenvalue weighted by Crippen LogP contribution is -2.63. The van der Waals surface area contributed by atoms with Crippen LogP contribution < -0.4 is 0 Å². The van der Waals surface area contributed by atoms with E-state index in [9.17, 15) is 5.11 Å². The zero-order valence-corrected chi connectivity index (χ0v) is 23.1. The minimum Gasteiger partial charge on any atom is -0.381 e. The van der Waals surface area contributed by atoms with Crippen molar-refractivity contribution in [1.82, 2.24) is 24.6 Å². The van der Waals surface area contributed by atoms with Crippen LogP contribution in [0, 0.1) is 5.41 Å². The Kier molecular flexibility index (Phi) is 6.98. The molecule has 5 rings (SSSR count). The molecule has 0 amide bonds. The number of rotatable bonds is 7. The molecule has 198 valence electrons. The highest BCUT2D eigenvalue weighted by molar-refractivity contribution is 5.56. The summed E-state index contributed by atoms with van der Waals surface area (Å²) in [7, 11) is 2.10. The highest BCUT2D eigenvalue weighted by Crippen LogP contribution is 2.50. The van der Waals surface area contributed by atoms with Crippen LogP contribution in [-0.4, -0.2) is 63.1 Å². The van der Waals surface area contributed by atoms with Gasteiger partial charge < -0.3 is 14.7 Å². The Hall–Kier alpha value is -2.61. The van der Waals surface area contributed by atoms with Gasteiger partial charge in [-0.15, -0.1) is 0 Å². The minimum atomic E-state index is -1.19. The summed E-state index contributed by atoms with van der Waals surface area (Å²) in [4.78, 5) is 11.9. The number of hydrogen-bond donors (Lipinski definition) is 1. The second-order valence-electron chi connectivity index (χ2n) is 11.9. The summed E-state index contributed by atoms with van der Waals surface area (Å²) < 4.78 is 7.64. The van der Waals surface area contributed by atoms with Crippen molar-refractivity contribution in [2.75, 3.05) is 33.4 Å². The normalized spacial score (nSPS) is 20.2. The van der Waals surface area contributed by atoms with Crippen molar-refractivity contribution in [2.24, 2.45) is 5.41 Å². The summed E-state index contributed by atoms with van der Waals surface area (Å²) in [6.45, 7) is 14.0. The lowest BCUT2D eigenvalue weighted by molar-refractivity contribution is -0.127. The van der Waals surface area contributed by atoms with Crippen molar-refractivity contribution in [3.8, 4) is 11.4 Å². The molecule has 37 heavy (non-hydrogen) atoms. The SMILES string of the molecule is CC(C)c1ccc(C(O)(c2cncc(-c3nc(C4CCOCC4)n(C(C)C)n3)c2)C2(C)CN(C)C2)cc1. The highest BCUT2D eigenvalue weighted by Gasteiger charge is 2.55. The third kappa shape index (κ3) is 4.62. The monoisotopic (exact) mass is 503 g/mol. The van der Waals surface area contributed by atoms with Gasteiger partial charge in [0.1, 0.15) is 11.4 Å². The Morgan fingerprint density at radius 1 is 1.03 bits per heavy atom. The number of benzene rings is 1. The molecule has 0 aliphatic carbocycles. The van der Waals surface area contributed by atoms with Crippen LogP contribution in [0.2, 0.25) is 0 Å². The molecule has 2 aliphatic rings. The Bertz CT molecular complexity index is 1220. The van der Waals surface area contributed by atoms with Gasteiger partial charge in [0.25, 0.3) is 0 Å². The van der Waals surface area contributed by atoms with Gasteiger partial charge in [0.15, 0.2) is 5.82 Å². The van der Waals surface area contributed by atoms with Crippen LogP contribution in [0.5, 0.6) is 0 Å². The first-order chi connectivity index (χ1) is 17.6.